The van der Waals surface area contributed by atoms with E-state index >= 15 is 0 Å². The molecule has 0 bridgehead atoms. The minimum atomic E-state index is -0.947. The molecule has 0 aliphatic heterocycles. The Bertz CT molecular complexity index is 456. The van der Waals surface area contributed by atoms with Gasteiger partial charge in [0, 0.05) is 0 Å². The SMILES string of the molecule is COc1ccc(C(C(=O)O)=C(C)C)cc1OC. The van der Waals surface area contributed by atoms with Crippen LogP contribution in [0, 0.1) is 0 Å². The predicted molar refractivity (Wildman–Crippen MR) is 65.4 cm³/mol. The molecule has 1 aromatic carbocycles. The van der Waals surface area contributed by atoms with E-state index in [1.165, 1.54) is 14.2 Å². The van der Waals surface area contributed by atoms with Gasteiger partial charge >= 0.3 is 5.97 Å². The zero-order valence-electron chi connectivity index (χ0n) is 10.4. The van der Waals surface area contributed by atoms with Crippen LogP contribution >= 0.6 is 0 Å². The maximum absolute atomic E-state index is 11.2. The number of benzene rings is 1. The number of carboxylic acid groups (broad SMARTS) is 1. The number of aliphatic carboxylic acids is 1. The van der Waals surface area contributed by atoms with Crippen LogP contribution in [0.2, 0.25) is 0 Å². The predicted octanol–water partition coefficient (Wildman–Crippen LogP) is 2.58. The van der Waals surface area contributed by atoms with Crippen LogP contribution in [-0.4, -0.2) is 25.3 Å². The molecule has 0 aliphatic rings. The van der Waals surface area contributed by atoms with E-state index in [9.17, 15) is 4.79 Å². The van der Waals surface area contributed by atoms with Crippen LogP contribution in [0.3, 0.4) is 0 Å². The van der Waals surface area contributed by atoms with Gasteiger partial charge < -0.3 is 14.6 Å². The molecule has 0 unspecified atom stereocenters. The molecule has 0 spiro atoms. The molecule has 0 aromatic heterocycles. The van der Waals surface area contributed by atoms with Crippen molar-refractivity contribution in [1.82, 2.24) is 0 Å². The molecule has 0 amide bonds. The van der Waals surface area contributed by atoms with Crippen molar-refractivity contribution in [3.05, 3.63) is 29.3 Å². The third-order valence-corrected chi connectivity index (χ3v) is 2.39. The fraction of sp³-hybridized carbons (Fsp3) is 0.308. The molecule has 0 atom stereocenters. The quantitative estimate of drug-likeness (QED) is 0.816. The Morgan fingerprint density at radius 2 is 1.71 bits per heavy atom. The summed E-state index contributed by atoms with van der Waals surface area (Å²) in [4.78, 5) is 11.2. The number of ether oxygens (including phenoxy) is 2. The number of hydrogen-bond acceptors (Lipinski definition) is 3. The van der Waals surface area contributed by atoms with Crippen molar-refractivity contribution in [2.24, 2.45) is 0 Å². The molecule has 1 N–H and O–H groups in total. The Morgan fingerprint density at radius 3 is 2.12 bits per heavy atom. The fourth-order valence-electron chi connectivity index (χ4n) is 1.62. The van der Waals surface area contributed by atoms with Crippen molar-refractivity contribution in [2.75, 3.05) is 14.2 Å². The molecule has 0 heterocycles. The van der Waals surface area contributed by atoms with E-state index in [2.05, 4.69) is 0 Å². The third-order valence-electron chi connectivity index (χ3n) is 2.39. The highest BCUT2D eigenvalue weighted by Gasteiger charge is 2.14. The lowest BCUT2D eigenvalue weighted by molar-refractivity contribution is -0.130. The summed E-state index contributed by atoms with van der Waals surface area (Å²) in [6.45, 7) is 3.53. The first-order valence-corrected chi connectivity index (χ1v) is 5.14. The Morgan fingerprint density at radius 1 is 1.12 bits per heavy atom. The van der Waals surface area contributed by atoms with Crippen molar-refractivity contribution in [2.45, 2.75) is 13.8 Å². The van der Waals surface area contributed by atoms with Gasteiger partial charge in [-0.05, 0) is 31.5 Å². The molecule has 17 heavy (non-hydrogen) atoms. The van der Waals surface area contributed by atoms with Gasteiger partial charge in [-0.1, -0.05) is 11.6 Å². The van der Waals surface area contributed by atoms with Crippen molar-refractivity contribution >= 4 is 11.5 Å². The van der Waals surface area contributed by atoms with Gasteiger partial charge in [-0.3, -0.25) is 0 Å². The van der Waals surface area contributed by atoms with E-state index < -0.39 is 5.97 Å². The summed E-state index contributed by atoms with van der Waals surface area (Å²) in [5.41, 5.74) is 1.63. The zero-order chi connectivity index (χ0) is 13.0. The van der Waals surface area contributed by atoms with Gasteiger partial charge in [0.05, 0.1) is 19.8 Å². The fourth-order valence-corrected chi connectivity index (χ4v) is 1.62. The molecule has 0 saturated carbocycles. The average Bonchev–Trinajstić information content (AvgIpc) is 2.27. The number of methoxy groups -OCH3 is 2. The van der Waals surface area contributed by atoms with Crippen LogP contribution in [0.4, 0.5) is 0 Å². The summed E-state index contributed by atoms with van der Waals surface area (Å²) in [6, 6.07) is 5.06. The maximum Gasteiger partial charge on any atom is 0.336 e. The van der Waals surface area contributed by atoms with E-state index in [1.807, 2.05) is 0 Å². The van der Waals surface area contributed by atoms with E-state index in [0.29, 0.717) is 17.1 Å². The molecule has 92 valence electrons. The highest BCUT2D eigenvalue weighted by Crippen LogP contribution is 2.31. The second-order valence-electron chi connectivity index (χ2n) is 3.75. The lowest BCUT2D eigenvalue weighted by Gasteiger charge is -2.11. The molecule has 1 rings (SSSR count). The van der Waals surface area contributed by atoms with Gasteiger partial charge in [-0.2, -0.15) is 0 Å². The zero-order valence-corrected chi connectivity index (χ0v) is 10.4. The maximum atomic E-state index is 11.2. The van der Waals surface area contributed by atoms with Crippen molar-refractivity contribution in [3.8, 4) is 11.5 Å². The van der Waals surface area contributed by atoms with E-state index in [-0.39, 0.29) is 5.57 Å². The second kappa shape index (κ2) is 5.39. The van der Waals surface area contributed by atoms with E-state index in [0.717, 1.165) is 5.57 Å². The van der Waals surface area contributed by atoms with Crippen LogP contribution in [0.5, 0.6) is 11.5 Å². The minimum absolute atomic E-state index is 0.283. The van der Waals surface area contributed by atoms with Gasteiger partial charge in [0.25, 0.3) is 0 Å². The van der Waals surface area contributed by atoms with E-state index in [1.54, 1.807) is 32.0 Å². The Balaban J connectivity index is 3.33. The monoisotopic (exact) mass is 236 g/mol. The lowest BCUT2D eigenvalue weighted by atomic mass is 10.0. The Hall–Kier alpha value is -1.97. The summed E-state index contributed by atoms with van der Waals surface area (Å²) in [6.07, 6.45) is 0. The second-order valence-corrected chi connectivity index (χ2v) is 3.75. The number of carboxylic acids is 1. The van der Waals surface area contributed by atoms with Crippen LogP contribution in [0.1, 0.15) is 19.4 Å². The highest BCUT2D eigenvalue weighted by atomic mass is 16.5. The Kier molecular flexibility index (Phi) is 4.15. The van der Waals surface area contributed by atoms with Gasteiger partial charge in [-0.25, -0.2) is 4.79 Å². The number of rotatable bonds is 4. The molecule has 0 fully saturated rings. The summed E-state index contributed by atoms with van der Waals surface area (Å²) < 4.78 is 10.2. The smallest absolute Gasteiger partial charge is 0.336 e. The summed E-state index contributed by atoms with van der Waals surface area (Å²) in [7, 11) is 3.06. The first kappa shape index (κ1) is 13.1. The molecule has 0 radical (unpaired) electrons. The first-order valence-electron chi connectivity index (χ1n) is 5.14. The van der Waals surface area contributed by atoms with Crippen molar-refractivity contribution in [1.29, 1.82) is 0 Å². The lowest BCUT2D eigenvalue weighted by Crippen LogP contribution is -2.02. The first-order chi connectivity index (χ1) is 8.01. The molecular formula is C13H16O4. The molecular weight excluding hydrogens is 220 g/mol. The van der Waals surface area contributed by atoms with Crippen LogP contribution in [0.15, 0.2) is 23.8 Å². The number of carbonyl (C=O) groups is 1. The number of allylic oxidation sites excluding steroid dienone is 1. The Labute approximate surface area is 100 Å². The summed E-state index contributed by atoms with van der Waals surface area (Å²) in [5, 5.41) is 9.16. The molecule has 0 aliphatic carbocycles. The van der Waals surface area contributed by atoms with E-state index in [4.69, 9.17) is 14.6 Å². The third kappa shape index (κ3) is 2.78. The summed E-state index contributed by atoms with van der Waals surface area (Å²) in [5.74, 6) is 0.150. The largest absolute Gasteiger partial charge is 0.493 e. The molecule has 0 saturated heterocycles. The standard InChI is InChI=1S/C13H16O4/c1-8(2)12(13(14)15)9-5-6-10(16-3)11(7-9)17-4/h5-7H,1-4H3,(H,14,15). The van der Waals surface area contributed by atoms with Gasteiger partial charge in [-0.15, -0.1) is 0 Å². The van der Waals surface area contributed by atoms with Crippen molar-refractivity contribution in [3.63, 3.8) is 0 Å². The van der Waals surface area contributed by atoms with Gasteiger partial charge in [0.2, 0.25) is 0 Å². The normalized spacial score (nSPS) is 9.65. The van der Waals surface area contributed by atoms with Crippen LogP contribution in [0.25, 0.3) is 5.57 Å². The molecule has 4 nitrogen and oxygen atoms in total. The van der Waals surface area contributed by atoms with Crippen LogP contribution in [-0.2, 0) is 4.79 Å². The number of hydrogen-bond donors (Lipinski definition) is 1. The van der Waals surface area contributed by atoms with Gasteiger partial charge in [0.1, 0.15) is 0 Å². The highest BCUT2D eigenvalue weighted by molar-refractivity contribution is 6.16. The van der Waals surface area contributed by atoms with Crippen LogP contribution < -0.4 is 9.47 Å². The topological polar surface area (TPSA) is 55.8 Å². The molecule has 1 aromatic rings. The minimum Gasteiger partial charge on any atom is -0.493 e. The summed E-state index contributed by atoms with van der Waals surface area (Å²) >= 11 is 0. The molecule has 4 heteroatoms. The average molecular weight is 236 g/mol. The van der Waals surface area contributed by atoms with Crippen molar-refractivity contribution < 1.29 is 19.4 Å². The van der Waals surface area contributed by atoms with Gasteiger partial charge in [0.15, 0.2) is 11.5 Å².